The Labute approximate surface area is 206 Å². The molecular formula is C28H34N2O5. The Morgan fingerprint density at radius 2 is 1.69 bits per heavy atom. The van der Waals surface area contributed by atoms with Crippen LogP contribution in [0.15, 0.2) is 48.5 Å². The smallest absolute Gasteiger partial charge is 0.407 e. The molecule has 4 rings (SSSR count). The molecule has 0 saturated heterocycles. The summed E-state index contributed by atoms with van der Waals surface area (Å²) in [5, 5.41) is 14.9. The maximum Gasteiger partial charge on any atom is 0.407 e. The minimum atomic E-state index is -0.993. The number of carbonyl (C=O) groups is 3. The molecule has 0 aromatic heterocycles. The van der Waals surface area contributed by atoms with Gasteiger partial charge in [-0.25, -0.2) is 9.59 Å². The van der Waals surface area contributed by atoms with E-state index in [2.05, 4.69) is 34.9 Å². The van der Waals surface area contributed by atoms with Gasteiger partial charge in [0.2, 0.25) is 5.91 Å². The summed E-state index contributed by atoms with van der Waals surface area (Å²) in [6.07, 6.45) is 4.19. The fourth-order valence-electron chi connectivity index (χ4n) is 5.38. The summed E-state index contributed by atoms with van der Waals surface area (Å²) in [5.41, 5.74) is 4.72. The lowest BCUT2D eigenvalue weighted by Gasteiger charge is -2.18. The third kappa shape index (κ3) is 6.02. The average Bonchev–Trinajstić information content (AvgIpc) is 3.41. The van der Waals surface area contributed by atoms with Crippen LogP contribution in [0.4, 0.5) is 4.79 Å². The fraction of sp³-hybridized carbons (Fsp3) is 0.464. The van der Waals surface area contributed by atoms with E-state index in [1.807, 2.05) is 31.2 Å². The van der Waals surface area contributed by atoms with Crippen LogP contribution in [0.3, 0.4) is 0 Å². The first-order chi connectivity index (χ1) is 17.0. The molecule has 7 heteroatoms. The first-order valence-electron chi connectivity index (χ1n) is 12.6. The summed E-state index contributed by atoms with van der Waals surface area (Å²) in [5.74, 6) is -1.09. The summed E-state index contributed by atoms with van der Waals surface area (Å²) in [4.78, 5) is 36.3. The van der Waals surface area contributed by atoms with Gasteiger partial charge in [0.25, 0.3) is 0 Å². The van der Waals surface area contributed by atoms with Gasteiger partial charge in [-0.1, -0.05) is 68.3 Å². The van der Waals surface area contributed by atoms with Crippen LogP contribution in [0.25, 0.3) is 11.1 Å². The predicted octanol–water partition coefficient (Wildman–Crippen LogP) is 4.84. The lowest BCUT2D eigenvalue weighted by atomic mass is 9.98. The zero-order valence-corrected chi connectivity index (χ0v) is 20.2. The minimum absolute atomic E-state index is 0.0167. The molecule has 1 saturated carbocycles. The van der Waals surface area contributed by atoms with Gasteiger partial charge in [0.1, 0.15) is 12.6 Å². The van der Waals surface area contributed by atoms with Gasteiger partial charge in [0.05, 0.1) is 0 Å². The molecule has 0 bridgehead atoms. The Kier molecular flexibility index (Phi) is 8.06. The van der Waals surface area contributed by atoms with Crippen LogP contribution in [0.2, 0.25) is 0 Å². The third-order valence-corrected chi connectivity index (χ3v) is 7.16. The van der Waals surface area contributed by atoms with Gasteiger partial charge in [-0.05, 0) is 53.9 Å². The molecule has 0 heterocycles. The number of carboxylic acids is 1. The van der Waals surface area contributed by atoms with Gasteiger partial charge >= 0.3 is 12.1 Å². The Morgan fingerprint density at radius 1 is 1.03 bits per heavy atom. The number of aliphatic carboxylic acids is 1. The summed E-state index contributed by atoms with van der Waals surface area (Å²) in [6, 6.07) is 15.6. The van der Waals surface area contributed by atoms with Crippen LogP contribution in [-0.4, -0.2) is 41.8 Å². The van der Waals surface area contributed by atoms with Gasteiger partial charge in [-0.2, -0.15) is 0 Å². The number of carboxylic acid groups (broad SMARTS) is 1. The average molecular weight is 479 g/mol. The molecule has 2 aliphatic carbocycles. The van der Waals surface area contributed by atoms with Crippen molar-refractivity contribution in [2.75, 3.05) is 6.61 Å². The van der Waals surface area contributed by atoms with Crippen LogP contribution < -0.4 is 10.6 Å². The Hall–Kier alpha value is -3.35. The summed E-state index contributed by atoms with van der Waals surface area (Å²) in [6.45, 7) is 2.26. The second kappa shape index (κ2) is 11.4. The number of alkyl carbamates (subject to hydrolysis) is 1. The molecule has 1 fully saturated rings. The molecular weight excluding hydrogens is 444 g/mol. The maximum absolute atomic E-state index is 12.6. The lowest BCUT2D eigenvalue weighted by molar-refractivity contribution is -0.142. The second-order valence-corrected chi connectivity index (χ2v) is 9.65. The maximum atomic E-state index is 12.6. The summed E-state index contributed by atoms with van der Waals surface area (Å²) >= 11 is 0. The molecule has 0 radical (unpaired) electrons. The van der Waals surface area contributed by atoms with Crippen molar-refractivity contribution in [3.63, 3.8) is 0 Å². The van der Waals surface area contributed by atoms with Crippen molar-refractivity contribution in [3.8, 4) is 11.1 Å². The highest BCUT2D eigenvalue weighted by atomic mass is 16.5. The van der Waals surface area contributed by atoms with Gasteiger partial charge in [-0.3, -0.25) is 4.79 Å². The zero-order chi connectivity index (χ0) is 24.8. The van der Waals surface area contributed by atoms with Crippen molar-refractivity contribution in [1.82, 2.24) is 10.6 Å². The van der Waals surface area contributed by atoms with E-state index in [4.69, 9.17) is 4.74 Å². The fourth-order valence-corrected chi connectivity index (χ4v) is 5.38. The van der Waals surface area contributed by atoms with Crippen molar-refractivity contribution in [2.45, 2.75) is 69.9 Å². The molecule has 0 spiro atoms. The van der Waals surface area contributed by atoms with Crippen molar-refractivity contribution in [1.29, 1.82) is 0 Å². The second-order valence-electron chi connectivity index (χ2n) is 9.65. The van der Waals surface area contributed by atoms with E-state index in [1.54, 1.807) is 0 Å². The number of hydrogen-bond acceptors (Lipinski definition) is 4. The third-order valence-electron chi connectivity index (χ3n) is 7.16. The normalized spacial score (nSPS) is 19.5. The quantitative estimate of drug-likeness (QED) is 0.453. The van der Waals surface area contributed by atoms with E-state index in [0.717, 1.165) is 25.7 Å². The SMILES string of the molecule is CCCC[C@H](NC(=O)C[C@@H]1CC[C@H](NC(=O)OCC2c3ccccc3-c3ccccc32)C1)C(=O)O. The van der Waals surface area contributed by atoms with Crippen LogP contribution >= 0.6 is 0 Å². The van der Waals surface area contributed by atoms with Gasteiger partial charge in [0.15, 0.2) is 0 Å². The number of hydrogen-bond donors (Lipinski definition) is 3. The van der Waals surface area contributed by atoms with Crippen molar-refractivity contribution in [2.24, 2.45) is 5.92 Å². The highest BCUT2D eigenvalue weighted by Crippen LogP contribution is 2.44. The molecule has 0 aliphatic heterocycles. The highest BCUT2D eigenvalue weighted by molar-refractivity contribution is 5.83. The van der Waals surface area contributed by atoms with Gasteiger partial charge in [-0.15, -0.1) is 0 Å². The first kappa shape index (κ1) is 24.8. The summed E-state index contributed by atoms with van der Waals surface area (Å²) in [7, 11) is 0. The van der Waals surface area contributed by atoms with E-state index >= 15 is 0 Å². The van der Waals surface area contributed by atoms with Gasteiger partial charge < -0.3 is 20.5 Å². The molecule has 7 nitrogen and oxygen atoms in total. The molecule has 3 atom stereocenters. The number of rotatable bonds is 10. The molecule has 186 valence electrons. The number of ether oxygens (including phenoxy) is 1. The first-order valence-corrected chi connectivity index (χ1v) is 12.6. The van der Waals surface area contributed by atoms with E-state index in [-0.39, 0.29) is 36.8 Å². The van der Waals surface area contributed by atoms with Crippen LogP contribution in [0.1, 0.15) is 68.9 Å². The molecule has 3 N–H and O–H groups in total. The molecule has 35 heavy (non-hydrogen) atoms. The highest BCUT2D eigenvalue weighted by Gasteiger charge is 2.31. The number of benzene rings is 2. The Balaban J connectivity index is 1.24. The van der Waals surface area contributed by atoms with Crippen LogP contribution in [-0.2, 0) is 14.3 Å². The van der Waals surface area contributed by atoms with Crippen molar-refractivity contribution >= 4 is 18.0 Å². The Morgan fingerprint density at radius 3 is 2.31 bits per heavy atom. The monoisotopic (exact) mass is 478 g/mol. The number of unbranched alkanes of at least 4 members (excludes halogenated alkanes) is 1. The largest absolute Gasteiger partial charge is 0.480 e. The predicted molar refractivity (Wildman–Crippen MR) is 133 cm³/mol. The zero-order valence-electron chi connectivity index (χ0n) is 20.2. The number of fused-ring (bicyclic) bond motifs is 3. The molecule has 2 aromatic carbocycles. The van der Waals surface area contributed by atoms with E-state index in [9.17, 15) is 19.5 Å². The lowest BCUT2D eigenvalue weighted by Crippen LogP contribution is -2.41. The van der Waals surface area contributed by atoms with E-state index < -0.39 is 18.1 Å². The van der Waals surface area contributed by atoms with Crippen LogP contribution in [0, 0.1) is 5.92 Å². The number of amides is 2. The van der Waals surface area contributed by atoms with Crippen LogP contribution in [0.5, 0.6) is 0 Å². The van der Waals surface area contributed by atoms with E-state index in [1.165, 1.54) is 22.3 Å². The molecule has 2 aromatic rings. The minimum Gasteiger partial charge on any atom is -0.480 e. The molecule has 2 amide bonds. The van der Waals surface area contributed by atoms with Crippen molar-refractivity contribution in [3.05, 3.63) is 59.7 Å². The van der Waals surface area contributed by atoms with E-state index in [0.29, 0.717) is 12.8 Å². The summed E-state index contributed by atoms with van der Waals surface area (Å²) < 4.78 is 5.64. The number of nitrogens with one attached hydrogen (secondary N) is 2. The standard InChI is InChI=1S/C28H34N2O5/c1-2-3-12-25(27(32)33)30-26(31)16-18-13-14-19(15-18)29-28(34)35-17-24-22-10-6-4-8-20(22)21-9-5-7-11-23(21)24/h4-11,18-19,24-25H,2-3,12-17H2,1H3,(H,29,34)(H,30,31)(H,32,33)/t18-,19+,25+/m1/s1. The van der Waals surface area contributed by atoms with Gasteiger partial charge in [0, 0.05) is 18.4 Å². The molecule has 2 aliphatic rings. The van der Waals surface area contributed by atoms with Crippen molar-refractivity contribution < 1.29 is 24.2 Å². The number of carbonyl (C=O) groups excluding carboxylic acids is 2. The molecule has 0 unspecified atom stereocenters. The Bertz CT molecular complexity index is 1020. The topological polar surface area (TPSA) is 105 Å².